The van der Waals surface area contributed by atoms with Gasteiger partial charge in [0.1, 0.15) is 19.3 Å². The summed E-state index contributed by atoms with van der Waals surface area (Å²) in [5.74, 6) is 0.996. The molecule has 19 heteroatoms. The number of hydrogen-bond acceptors (Lipinski definition) is 15. The van der Waals surface area contributed by atoms with Crippen LogP contribution in [0.2, 0.25) is 0 Å². The zero-order valence-corrected chi connectivity index (χ0v) is 70.5. The first-order valence-electron chi connectivity index (χ1n) is 43.7. The number of unbranched alkanes of at least 4 members (excludes halogenated alkanes) is 47. The highest BCUT2D eigenvalue weighted by molar-refractivity contribution is 7.47. The van der Waals surface area contributed by atoms with Crippen LogP contribution in [0.1, 0.15) is 441 Å². The van der Waals surface area contributed by atoms with Crippen LogP contribution in [0.25, 0.3) is 0 Å². The highest BCUT2D eigenvalue weighted by Crippen LogP contribution is 2.45. The molecule has 0 amide bonds. The minimum absolute atomic E-state index is 0.105. The van der Waals surface area contributed by atoms with Crippen LogP contribution in [-0.2, 0) is 65.4 Å². The van der Waals surface area contributed by atoms with Crippen molar-refractivity contribution in [2.75, 3.05) is 39.6 Å². The van der Waals surface area contributed by atoms with Gasteiger partial charge in [0, 0.05) is 25.7 Å². The number of ether oxygens (including phenoxy) is 4. The fourth-order valence-electron chi connectivity index (χ4n) is 13.1. The molecule has 0 heterocycles. The lowest BCUT2D eigenvalue weighted by molar-refractivity contribution is -0.161. The second-order valence-electron chi connectivity index (χ2n) is 32.2. The topological polar surface area (TPSA) is 237 Å². The average Bonchev–Trinajstić information content (AvgIpc) is 0.909. The van der Waals surface area contributed by atoms with Gasteiger partial charge in [-0.2, -0.15) is 0 Å². The Labute approximate surface area is 638 Å². The minimum Gasteiger partial charge on any atom is -0.462 e. The van der Waals surface area contributed by atoms with Crippen molar-refractivity contribution in [2.45, 2.75) is 459 Å². The highest BCUT2D eigenvalue weighted by atomic mass is 31.2. The van der Waals surface area contributed by atoms with Crippen LogP contribution in [0, 0.1) is 23.7 Å². The van der Waals surface area contributed by atoms with Crippen molar-refractivity contribution in [2.24, 2.45) is 23.7 Å². The summed E-state index contributed by atoms with van der Waals surface area (Å²) in [7, 11) is -9.92. The second-order valence-corrected chi connectivity index (χ2v) is 35.2. The van der Waals surface area contributed by atoms with Crippen LogP contribution >= 0.6 is 15.6 Å². The third-order valence-electron chi connectivity index (χ3n) is 20.2. The quantitative estimate of drug-likeness (QED) is 0.0222. The predicted octanol–water partition coefficient (Wildman–Crippen LogP) is 25.6. The Kier molecular flexibility index (Phi) is 72.5. The molecule has 0 saturated carbocycles. The first-order chi connectivity index (χ1) is 50.1. The Bertz CT molecular complexity index is 2030. The molecule has 0 fully saturated rings. The van der Waals surface area contributed by atoms with Crippen LogP contribution < -0.4 is 0 Å². The van der Waals surface area contributed by atoms with E-state index in [4.69, 9.17) is 37.0 Å². The SMILES string of the molecule is CCC(C)CCCCCCCCCCCCCCCCCCCCC(=O)O[C@H](COC(=O)CCCCCCCCC(C)C)COP(=O)(O)OC[C@H](O)COP(=O)(O)OC[C@@H](COC(=O)CCCCCCCCCCCCCCCCCCCCC(C)C)OC(=O)CCCCCCCCCCCC(C)C. The summed E-state index contributed by atoms with van der Waals surface area (Å²) in [5.41, 5.74) is 0. The van der Waals surface area contributed by atoms with Gasteiger partial charge < -0.3 is 33.8 Å². The number of esters is 4. The van der Waals surface area contributed by atoms with Crippen molar-refractivity contribution in [3.63, 3.8) is 0 Å². The van der Waals surface area contributed by atoms with Gasteiger partial charge in [-0.15, -0.1) is 0 Å². The van der Waals surface area contributed by atoms with Gasteiger partial charge in [0.15, 0.2) is 12.2 Å². The largest absolute Gasteiger partial charge is 0.472 e. The number of aliphatic hydroxyl groups excluding tert-OH is 1. The maximum absolute atomic E-state index is 13.1. The lowest BCUT2D eigenvalue weighted by Crippen LogP contribution is -2.30. The number of aliphatic hydroxyl groups is 1. The van der Waals surface area contributed by atoms with Gasteiger partial charge in [0.2, 0.25) is 0 Å². The standard InChI is InChI=1S/C85H166O17P2/c1-9-78(8)64-56-48-39-33-27-23-19-15-11-13-17-21-25-29-35-41-51-59-67-84(89)102-81(72-96-83(88)66-58-50-44-43-47-55-63-77(6)7)74-100-104(93,94)98-70-79(86)69-97-103(91,92)99-73-80(101-85(90)68-60-52-42-36-30-32-38-46-54-62-76(4)5)71-95-82(87)65-57-49-40-34-28-24-20-16-12-10-14-18-22-26-31-37-45-53-61-75(2)3/h75-81,86H,9-74H2,1-8H3,(H,91,92)(H,93,94)/t78?,79-,80-,81-/m1/s1. The molecule has 104 heavy (non-hydrogen) atoms. The van der Waals surface area contributed by atoms with Gasteiger partial charge >= 0.3 is 39.5 Å². The number of hydrogen-bond donors (Lipinski definition) is 3. The molecule has 0 aromatic carbocycles. The average molecular weight is 1520 g/mol. The van der Waals surface area contributed by atoms with Crippen LogP contribution in [0.3, 0.4) is 0 Å². The molecule has 0 radical (unpaired) electrons. The van der Waals surface area contributed by atoms with Crippen molar-refractivity contribution in [1.82, 2.24) is 0 Å². The van der Waals surface area contributed by atoms with E-state index in [1.807, 2.05) is 0 Å². The van der Waals surface area contributed by atoms with Crippen LogP contribution in [0.15, 0.2) is 0 Å². The Morgan fingerprint density at radius 3 is 0.683 bits per heavy atom. The monoisotopic (exact) mass is 1520 g/mol. The van der Waals surface area contributed by atoms with Gasteiger partial charge in [0.25, 0.3) is 0 Å². The number of phosphoric ester groups is 2. The minimum atomic E-state index is -4.96. The fourth-order valence-corrected chi connectivity index (χ4v) is 14.7. The van der Waals surface area contributed by atoms with Gasteiger partial charge in [-0.05, 0) is 49.4 Å². The van der Waals surface area contributed by atoms with Gasteiger partial charge in [-0.25, -0.2) is 9.13 Å². The van der Waals surface area contributed by atoms with E-state index in [9.17, 15) is 43.2 Å². The third-order valence-corrected chi connectivity index (χ3v) is 22.1. The molecule has 0 aliphatic rings. The number of phosphoric acid groups is 2. The lowest BCUT2D eigenvalue weighted by atomic mass is 9.99. The summed E-state index contributed by atoms with van der Waals surface area (Å²) >= 11 is 0. The first-order valence-corrected chi connectivity index (χ1v) is 46.7. The Morgan fingerprint density at radius 1 is 0.269 bits per heavy atom. The molecule has 0 rings (SSSR count). The summed E-state index contributed by atoms with van der Waals surface area (Å²) in [6.45, 7) is 14.3. The molecule has 3 N–H and O–H groups in total. The Balaban J connectivity index is 5.12. The van der Waals surface area contributed by atoms with Gasteiger partial charge in [0.05, 0.1) is 26.4 Å². The smallest absolute Gasteiger partial charge is 0.462 e. The van der Waals surface area contributed by atoms with Crippen LogP contribution in [-0.4, -0.2) is 96.7 Å². The third kappa shape index (κ3) is 76.8. The van der Waals surface area contributed by atoms with Gasteiger partial charge in [-0.1, -0.05) is 389 Å². The molecule has 0 saturated heterocycles. The van der Waals surface area contributed by atoms with Crippen molar-refractivity contribution in [1.29, 1.82) is 0 Å². The van der Waals surface area contributed by atoms with E-state index < -0.39 is 97.5 Å². The number of rotatable bonds is 82. The van der Waals surface area contributed by atoms with E-state index >= 15 is 0 Å². The molecule has 6 atom stereocenters. The van der Waals surface area contributed by atoms with Crippen molar-refractivity contribution in [3.8, 4) is 0 Å². The molecule has 3 unspecified atom stereocenters. The van der Waals surface area contributed by atoms with Crippen LogP contribution in [0.4, 0.5) is 0 Å². The van der Waals surface area contributed by atoms with E-state index in [1.54, 1.807) is 0 Å². The molecule has 0 bridgehead atoms. The summed E-state index contributed by atoms with van der Waals surface area (Å²) < 4.78 is 68.7. The molecule has 0 spiro atoms. The second kappa shape index (κ2) is 73.8. The van der Waals surface area contributed by atoms with Crippen LogP contribution in [0.5, 0.6) is 0 Å². The van der Waals surface area contributed by atoms with E-state index in [-0.39, 0.29) is 25.7 Å². The molecule has 0 aliphatic heterocycles. The van der Waals surface area contributed by atoms with Crippen molar-refractivity contribution >= 4 is 39.5 Å². The molecule has 0 aliphatic carbocycles. The van der Waals surface area contributed by atoms with Gasteiger partial charge in [-0.3, -0.25) is 37.3 Å². The van der Waals surface area contributed by atoms with Crippen molar-refractivity contribution < 1.29 is 80.2 Å². The summed E-state index contributed by atoms with van der Waals surface area (Å²) in [6, 6.07) is 0. The highest BCUT2D eigenvalue weighted by Gasteiger charge is 2.30. The number of carbonyl (C=O) groups is 4. The summed E-state index contributed by atoms with van der Waals surface area (Å²) in [5, 5.41) is 10.6. The molecule has 17 nitrogen and oxygen atoms in total. The van der Waals surface area contributed by atoms with E-state index in [0.717, 1.165) is 114 Å². The fraction of sp³-hybridized carbons (Fsp3) is 0.953. The molecule has 0 aromatic rings. The molecule has 0 aromatic heterocycles. The number of carbonyl (C=O) groups excluding carboxylic acids is 4. The Hall–Kier alpha value is -1.94. The molecular weight excluding hydrogens is 1350 g/mol. The predicted molar refractivity (Wildman–Crippen MR) is 428 cm³/mol. The lowest BCUT2D eigenvalue weighted by Gasteiger charge is -2.21. The van der Waals surface area contributed by atoms with Crippen molar-refractivity contribution in [3.05, 3.63) is 0 Å². The maximum atomic E-state index is 13.1. The molecular formula is C85H166O17P2. The molecule has 618 valence electrons. The zero-order chi connectivity index (χ0) is 76.7. The van der Waals surface area contributed by atoms with E-state index in [0.29, 0.717) is 31.6 Å². The normalized spacial score (nSPS) is 14.2. The zero-order valence-electron chi connectivity index (χ0n) is 68.7. The maximum Gasteiger partial charge on any atom is 0.472 e. The summed E-state index contributed by atoms with van der Waals surface area (Å²) in [6.07, 6.45) is 62.8. The summed E-state index contributed by atoms with van der Waals surface area (Å²) in [4.78, 5) is 73.1. The first kappa shape index (κ1) is 102. The van der Waals surface area contributed by atoms with E-state index in [1.165, 1.54) is 238 Å². The van der Waals surface area contributed by atoms with E-state index in [2.05, 4.69) is 55.4 Å². The Morgan fingerprint density at radius 2 is 0.462 bits per heavy atom.